The number of carbonyl (C=O) groups is 3. The average Bonchev–Trinajstić information content (AvgIpc) is 2.92. The van der Waals surface area contributed by atoms with E-state index in [1.165, 1.54) is 11.8 Å². The second-order valence-corrected chi connectivity index (χ2v) is 5.86. The van der Waals surface area contributed by atoms with Gasteiger partial charge in [0.2, 0.25) is 0 Å². The molecule has 1 aromatic carbocycles. The standard InChI is InChI=1S/C15H15N3O4S/c1-10(22-13(19)9-18-6-7-23-15(18)21)14(20)17-12-5-3-2-4-11(12)8-16/h2-5,10H,6-7,9H2,1H3,(H,17,20)/t10-/m0/s1. The lowest BCUT2D eigenvalue weighted by molar-refractivity contribution is -0.153. The first-order chi connectivity index (χ1) is 11.0. The van der Waals surface area contributed by atoms with Gasteiger partial charge in [0.15, 0.2) is 6.10 Å². The molecule has 7 nitrogen and oxygen atoms in total. The Morgan fingerprint density at radius 2 is 2.22 bits per heavy atom. The third-order valence-electron chi connectivity index (χ3n) is 3.15. The molecule has 1 heterocycles. The van der Waals surface area contributed by atoms with E-state index in [-0.39, 0.29) is 11.8 Å². The van der Waals surface area contributed by atoms with Gasteiger partial charge in [0.1, 0.15) is 12.6 Å². The highest BCUT2D eigenvalue weighted by Crippen LogP contribution is 2.17. The van der Waals surface area contributed by atoms with Crippen LogP contribution in [0.15, 0.2) is 24.3 Å². The van der Waals surface area contributed by atoms with Gasteiger partial charge in [-0.1, -0.05) is 23.9 Å². The summed E-state index contributed by atoms with van der Waals surface area (Å²) in [6.07, 6.45) is -1.03. The molecule has 0 unspecified atom stereocenters. The van der Waals surface area contributed by atoms with Crippen molar-refractivity contribution < 1.29 is 19.1 Å². The first-order valence-corrected chi connectivity index (χ1v) is 7.91. The third-order valence-corrected chi connectivity index (χ3v) is 4.04. The third kappa shape index (κ3) is 4.47. The van der Waals surface area contributed by atoms with Gasteiger partial charge < -0.3 is 15.0 Å². The van der Waals surface area contributed by atoms with Gasteiger partial charge in [-0.15, -0.1) is 0 Å². The van der Waals surface area contributed by atoms with E-state index in [0.29, 0.717) is 23.5 Å². The number of nitrogens with one attached hydrogen (secondary N) is 1. The van der Waals surface area contributed by atoms with E-state index < -0.39 is 18.0 Å². The number of hydrogen-bond acceptors (Lipinski definition) is 6. The number of nitriles is 1. The summed E-state index contributed by atoms with van der Waals surface area (Å²) < 4.78 is 5.03. The fraction of sp³-hybridized carbons (Fsp3) is 0.333. The molecule has 0 aromatic heterocycles. The number of carbonyl (C=O) groups excluding carboxylic acids is 3. The maximum Gasteiger partial charge on any atom is 0.326 e. The minimum absolute atomic E-state index is 0.165. The summed E-state index contributed by atoms with van der Waals surface area (Å²) in [5.74, 6) is -0.534. The molecule has 1 N–H and O–H groups in total. The number of para-hydroxylation sites is 1. The Morgan fingerprint density at radius 3 is 2.87 bits per heavy atom. The SMILES string of the molecule is C[C@H](OC(=O)CN1CCSC1=O)C(=O)Nc1ccccc1C#N. The quantitative estimate of drug-likeness (QED) is 0.822. The zero-order valence-electron chi connectivity index (χ0n) is 12.4. The molecule has 2 amide bonds. The highest BCUT2D eigenvalue weighted by molar-refractivity contribution is 8.13. The molecule has 1 saturated heterocycles. The Hall–Kier alpha value is -2.53. The summed E-state index contributed by atoms with van der Waals surface area (Å²) in [5.41, 5.74) is 0.674. The van der Waals surface area contributed by atoms with Gasteiger partial charge in [-0.25, -0.2) is 0 Å². The second kappa shape index (κ2) is 7.65. The van der Waals surface area contributed by atoms with Gasteiger partial charge in [-0.3, -0.25) is 14.4 Å². The van der Waals surface area contributed by atoms with Gasteiger partial charge in [0.05, 0.1) is 11.3 Å². The number of rotatable bonds is 5. The van der Waals surface area contributed by atoms with Crippen molar-refractivity contribution in [3.05, 3.63) is 29.8 Å². The molecule has 8 heteroatoms. The average molecular weight is 333 g/mol. The maximum absolute atomic E-state index is 12.0. The smallest absolute Gasteiger partial charge is 0.326 e. The van der Waals surface area contributed by atoms with Crippen molar-refractivity contribution in [2.45, 2.75) is 13.0 Å². The van der Waals surface area contributed by atoms with Crippen LogP contribution in [-0.4, -0.2) is 47.0 Å². The summed E-state index contributed by atoms with van der Waals surface area (Å²) in [4.78, 5) is 36.6. The van der Waals surface area contributed by atoms with Crippen molar-refractivity contribution in [1.82, 2.24) is 4.90 Å². The van der Waals surface area contributed by atoms with Gasteiger partial charge in [-0.2, -0.15) is 5.26 Å². The van der Waals surface area contributed by atoms with Crippen LogP contribution in [-0.2, 0) is 14.3 Å². The second-order valence-electron chi connectivity index (χ2n) is 4.81. The summed E-state index contributed by atoms with van der Waals surface area (Å²) in [6.45, 7) is 1.76. The molecule has 0 spiro atoms. The minimum atomic E-state index is -1.03. The van der Waals surface area contributed by atoms with Crippen molar-refractivity contribution >= 4 is 34.6 Å². The van der Waals surface area contributed by atoms with Crippen molar-refractivity contribution in [2.75, 3.05) is 24.2 Å². The summed E-state index contributed by atoms with van der Waals surface area (Å²) in [5, 5.41) is 11.4. The van der Waals surface area contributed by atoms with E-state index in [0.717, 1.165) is 11.8 Å². The molecular weight excluding hydrogens is 318 g/mol. The fourth-order valence-electron chi connectivity index (χ4n) is 1.94. The van der Waals surface area contributed by atoms with Gasteiger partial charge in [-0.05, 0) is 19.1 Å². The molecule has 0 bridgehead atoms. The van der Waals surface area contributed by atoms with Crippen molar-refractivity contribution in [3.8, 4) is 6.07 Å². The minimum Gasteiger partial charge on any atom is -0.451 e. The Kier molecular flexibility index (Phi) is 5.60. The summed E-state index contributed by atoms with van der Waals surface area (Å²) in [6, 6.07) is 8.49. The van der Waals surface area contributed by atoms with E-state index in [4.69, 9.17) is 10.00 Å². The van der Waals surface area contributed by atoms with Gasteiger partial charge in [0.25, 0.3) is 11.1 Å². The largest absolute Gasteiger partial charge is 0.451 e. The number of benzene rings is 1. The van der Waals surface area contributed by atoms with Crippen LogP contribution in [0.4, 0.5) is 10.5 Å². The Labute approximate surface area is 137 Å². The number of hydrogen-bond donors (Lipinski definition) is 1. The number of esters is 1. The lowest BCUT2D eigenvalue weighted by Crippen LogP contribution is -2.36. The molecule has 23 heavy (non-hydrogen) atoms. The lowest BCUT2D eigenvalue weighted by atomic mass is 10.2. The highest BCUT2D eigenvalue weighted by Gasteiger charge is 2.26. The molecule has 1 aliphatic heterocycles. The summed E-state index contributed by atoms with van der Waals surface area (Å²) >= 11 is 1.15. The topological polar surface area (TPSA) is 99.5 Å². The molecule has 1 atom stereocenters. The normalized spacial score (nSPS) is 15.0. The lowest BCUT2D eigenvalue weighted by Gasteiger charge is -2.17. The zero-order valence-corrected chi connectivity index (χ0v) is 13.3. The van der Waals surface area contributed by atoms with Crippen molar-refractivity contribution in [1.29, 1.82) is 5.26 Å². The molecular formula is C15H15N3O4S. The van der Waals surface area contributed by atoms with Gasteiger partial charge >= 0.3 is 5.97 Å². The van der Waals surface area contributed by atoms with E-state index in [2.05, 4.69) is 5.32 Å². The van der Waals surface area contributed by atoms with E-state index in [1.807, 2.05) is 6.07 Å². The van der Waals surface area contributed by atoms with Crippen LogP contribution in [0.1, 0.15) is 12.5 Å². The number of ether oxygens (including phenoxy) is 1. The maximum atomic E-state index is 12.0. The molecule has 1 aliphatic rings. The van der Waals surface area contributed by atoms with Crippen LogP contribution in [0.3, 0.4) is 0 Å². The molecule has 1 fully saturated rings. The van der Waals surface area contributed by atoms with E-state index in [9.17, 15) is 14.4 Å². The van der Waals surface area contributed by atoms with Crippen molar-refractivity contribution in [3.63, 3.8) is 0 Å². The first-order valence-electron chi connectivity index (χ1n) is 6.92. The first kappa shape index (κ1) is 16.8. The Balaban J connectivity index is 1.88. The molecule has 120 valence electrons. The Bertz CT molecular complexity index is 671. The highest BCUT2D eigenvalue weighted by atomic mass is 32.2. The zero-order chi connectivity index (χ0) is 16.8. The summed E-state index contributed by atoms with van der Waals surface area (Å²) in [7, 11) is 0. The fourth-order valence-corrected chi connectivity index (χ4v) is 2.76. The van der Waals surface area contributed by atoms with Crippen LogP contribution in [0.2, 0.25) is 0 Å². The van der Waals surface area contributed by atoms with Crippen LogP contribution >= 0.6 is 11.8 Å². The van der Waals surface area contributed by atoms with Crippen LogP contribution in [0.25, 0.3) is 0 Å². The molecule has 0 aliphatic carbocycles. The molecule has 0 saturated carbocycles. The monoisotopic (exact) mass is 333 g/mol. The number of anilines is 1. The number of nitrogens with zero attached hydrogens (tertiary/aromatic N) is 2. The van der Waals surface area contributed by atoms with Gasteiger partial charge in [0, 0.05) is 12.3 Å². The number of thioether (sulfide) groups is 1. The number of amides is 2. The van der Waals surface area contributed by atoms with Crippen LogP contribution < -0.4 is 5.32 Å². The Morgan fingerprint density at radius 1 is 1.48 bits per heavy atom. The van der Waals surface area contributed by atoms with Crippen LogP contribution in [0.5, 0.6) is 0 Å². The van der Waals surface area contributed by atoms with Crippen LogP contribution in [0, 0.1) is 11.3 Å². The predicted molar refractivity (Wildman–Crippen MR) is 84.8 cm³/mol. The molecule has 1 aromatic rings. The van der Waals surface area contributed by atoms with Crippen molar-refractivity contribution in [2.24, 2.45) is 0 Å². The molecule has 2 rings (SSSR count). The predicted octanol–water partition coefficient (Wildman–Crippen LogP) is 1.60. The molecule has 0 radical (unpaired) electrons. The van der Waals surface area contributed by atoms with E-state index in [1.54, 1.807) is 24.3 Å². The van der Waals surface area contributed by atoms with E-state index >= 15 is 0 Å².